The summed E-state index contributed by atoms with van der Waals surface area (Å²) in [5.74, 6) is -0.414. The summed E-state index contributed by atoms with van der Waals surface area (Å²) in [6.07, 6.45) is -0.351. The highest BCUT2D eigenvalue weighted by Crippen LogP contribution is 2.10. The Kier molecular flexibility index (Phi) is 4.25. The number of nitrogens with one attached hydrogen (secondary N) is 1. The number of rotatable bonds is 3. The molecule has 1 fully saturated rings. The normalized spacial score (nSPS) is 27.7. The lowest BCUT2D eigenvalue weighted by atomic mass is 10.3. The molecule has 1 aliphatic rings. The topological polar surface area (TPSA) is 102 Å². The summed E-state index contributed by atoms with van der Waals surface area (Å²) in [4.78, 5) is 11.1. The molecule has 16 heavy (non-hydrogen) atoms. The molecule has 0 amide bonds. The zero-order chi connectivity index (χ0) is 12.3. The monoisotopic (exact) mass is 251 g/mol. The second-order valence-electron chi connectivity index (χ2n) is 3.58. The molecular weight excluding hydrogens is 234 g/mol. The van der Waals surface area contributed by atoms with E-state index in [2.05, 4.69) is 5.32 Å². The summed E-state index contributed by atoms with van der Waals surface area (Å²) >= 11 is 0. The lowest BCUT2D eigenvalue weighted by molar-refractivity contribution is -0.154. The quantitative estimate of drug-likeness (QED) is 0.587. The molecule has 7 nitrogen and oxygen atoms in total. The first-order valence-electron chi connectivity index (χ1n) is 5.01. The lowest BCUT2D eigenvalue weighted by Crippen LogP contribution is -2.64. The van der Waals surface area contributed by atoms with E-state index in [0.29, 0.717) is 6.54 Å². The smallest absolute Gasteiger partial charge is 0.307 e. The molecule has 0 radical (unpaired) electrons. The minimum Gasteiger partial charge on any atom is -0.443 e. The summed E-state index contributed by atoms with van der Waals surface area (Å²) in [7, 11) is -3.37. The van der Waals surface area contributed by atoms with Gasteiger partial charge in [0, 0.05) is 19.5 Å². The Hall–Kier alpha value is -0.700. The minimum absolute atomic E-state index is 0.226. The predicted octanol–water partition coefficient (Wildman–Crippen LogP) is -1.58. The third-order valence-electron chi connectivity index (χ3n) is 2.29. The van der Waals surface area contributed by atoms with E-state index in [4.69, 9.17) is 10.5 Å². The molecule has 0 saturated carbocycles. The molecule has 0 bridgehead atoms. The molecule has 0 aromatic heterocycles. The molecule has 8 heteroatoms. The fourth-order valence-corrected chi connectivity index (χ4v) is 2.44. The minimum atomic E-state index is -3.37. The van der Waals surface area contributed by atoms with Gasteiger partial charge in [0.1, 0.15) is 6.17 Å². The molecule has 1 heterocycles. The van der Waals surface area contributed by atoms with E-state index in [1.807, 2.05) is 0 Å². The first kappa shape index (κ1) is 13.4. The van der Waals surface area contributed by atoms with Crippen LogP contribution in [0.25, 0.3) is 0 Å². The van der Waals surface area contributed by atoms with E-state index in [1.54, 1.807) is 6.92 Å². The van der Waals surface area contributed by atoms with Crippen LogP contribution in [0.15, 0.2) is 0 Å². The largest absolute Gasteiger partial charge is 0.443 e. The van der Waals surface area contributed by atoms with E-state index >= 15 is 0 Å². The molecule has 0 spiro atoms. The van der Waals surface area contributed by atoms with Crippen LogP contribution in [0.3, 0.4) is 0 Å². The standard InChI is InChI=1S/C8H17N3O4S/c1-3-6(12)15-8-7(9)11(5-4-10-8)16(2,13)14/h7-8,10H,3-5,9H2,1-2H3/t7-,8?/m1/s1. The zero-order valence-electron chi connectivity index (χ0n) is 9.34. The molecule has 3 N–H and O–H groups in total. The molecular formula is C8H17N3O4S. The number of nitrogens with zero attached hydrogens (tertiary/aromatic N) is 1. The van der Waals surface area contributed by atoms with Gasteiger partial charge in [-0.25, -0.2) is 8.42 Å². The highest BCUT2D eigenvalue weighted by Gasteiger charge is 2.35. The van der Waals surface area contributed by atoms with E-state index in [9.17, 15) is 13.2 Å². The molecule has 1 saturated heterocycles. The third kappa shape index (κ3) is 3.14. The Bertz CT molecular complexity index is 356. The number of hydrogen-bond donors (Lipinski definition) is 2. The Morgan fingerprint density at radius 2 is 2.25 bits per heavy atom. The molecule has 2 atom stereocenters. The lowest BCUT2D eigenvalue weighted by Gasteiger charge is -2.37. The molecule has 0 aromatic rings. The van der Waals surface area contributed by atoms with Crippen LogP contribution in [0.4, 0.5) is 0 Å². The SMILES string of the molecule is CCC(=O)OC1NCCN(S(C)(=O)=O)[C@H]1N. The number of esters is 1. The van der Waals surface area contributed by atoms with Gasteiger partial charge in [0.2, 0.25) is 10.0 Å². The Labute approximate surface area is 95.0 Å². The maximum atomic E-state index is 11.4. The van der Waals surface area contributed by atoms with Gasteiger partial charge >= 0.3 is 5.97 Å². The van der Waals surface area contributed by atoms with Gasteiger partial charge in [-0.1, -0.05) is 6.92 Å². The van der Waals surface area contributed by atoms with Crippen molar-refractivity contribution in [3.05, 3.63) is 0 Å². The van der Waals surface area contributed by atoms with Crippen LogP contribution < -0.4 is 11.1 Å². The van der Waals surface area contributed by atoms with Gasteiger partial charge in [0.05, 0.1) is 6.26 Å². The van der Waals surface area contributed by atoms with Crippen molar-refractivity contribution in [2.75, 3.05) is 19.3 Å². The van der Waals surface area contributed by atoms with Gasteiger partial charge in [0.15, 0.2) is 6.23 Å². The van der Waals surface area contributed by atoms with Crippen LogP contribution >= 0.6 is 0 Å². The third-order valence-corrected chi connectivity index (χ3v) is 3.57. The van der Waals surface area contributed by atoms with Crippen LogP contribution in [0, 0.1) is 0 Å². The summed E-state index contributed by atoms with van der Waals surface area (Å²) in [5, 5.41) is 2.86. The number of ether oxygens (including phenoxy) is 1. The van der Waals surface area contributed by atoms with Crippen molar-refractivity contribution in [3.8, 4) is 0 Å². The van der Waals surface area contributed by atoms with Gasteiger partial charge < -0.3 is 10.5 Å². The van der Waals surface area contributed by atoms with Gasteiger partial charge in [-0.05, 0) is 0 Å². The highest BCUT2D eigenvalue weighted by atomic mass is 32.2. The van der Waals surface area contributed by atoms with E-state index < -0.39 is 28.4 Å². The van der Waals surface area contributed by atoms with Crippen LogP contribution in [0.2, 0.25) is 0 Å². The Balaban J connectivity index is 2.71. The number of sulfonamides is 1. The average molecular weight is 251 g/mol. The predicted molar refractivity (Wildman–Crippen MR) is 57.7 cm³/mol. The fourth-order valence-electron chi connectivity index (χ4n) is 1.46. The number of carbonyl (C=O) groups excluding carboxylic acids is 1. The fraction of sp³-hybridized carbons (Fsp3) is 0.875. The van der Waals surface area contributed by atoms with Crippen molar-refractivity contribution >= 4 is 16.0 Å². The van der Waals surface area contributed by atoms with Crippen LogP contribution in [0.1, 0.15) is 13.3 Å². The van der Waals surface area contributed by atoms with E-state index in [-0.39, 0.29) is 13.0 Å². The molecule has 1 rings (SSSR count). The van der Waals surface area contributed by atoms with E-state index in [0.717, 1.165) is 10.6 Å². The maximum Gasteiger partial charge on any atom is 0.307 e. The maximum absolute atomic E-state index is 11.4. The number of hydrogen-bond acceptors (Lipinski definition) is 6. The Morgan fingerprint density at radius 3 is 2.75 bits per heavy atom. The van der Waals surface area contributed by atoms with Gasteiger partial charge in [0.25, 0.3) is 0 Å². The summed E-state index contributed by atoms with van der Waals surface area (Å²) in [6.45, 7) is 2.34. The molecule has 1 unspecified atom stereocenters. The van der Waals surface area contributed by atoms with Crippen molar-refractivity contribution in [1.82, 2.24) is 9.62 Å². The molecule has 0 aliphatic carbocycles. The van der Waals surface area contributed by atoms with Crippen LogP contribution in [0.5, 0.6) is 0 Å². The van der Waals surface area contributed by atoms with Crippen molar-refractivity contribution in [3.63, 3.8) is 0 Å². The van der Waals surface area contributed by atoms with E-state index in [1.165, 1.54) is 0 Å². The molecule has 0 aromatic carbocycles. The average Bonchev–Trinajstić information content (AvgIpc) is 2.19. The number of carbonyl (C=O) groups is 1. The summed E-state index contributed by atoms with van der Waals surface area (Å²) < 4.78 is 28.9. The second-order valence-corrected chi connectivity index (χ2v) is 5.52. The Morgan fingerprint density at radius 1 is 1.62 bits per heavy atom. The number of piperazine rings is 1. The molecule has 1 aliphatic heterocycles. The highest BCUT2D eigenvalue weighted by molar-refractivity contribution is 7.88. The van der Waals surface area contributed by atoms with Gasteiger partial charge in [-0.15, -0.1) is 0 Å². The van der Waals surface area contributed by atoms with Crippen molar-refractivity contribution < 1.29 is 17.9 Å². The van der Waals surface area contributed by atoms with Crippen LogP contribution in [-0.4, -0.2) is 50.4 Å². The first-order valence-corrected chi connectivity index (χ1v) is 6.86. The summed E-state index contributed by atoms with van der Waals surface area (Å²) in [5.41, 5.74) is 5.72. The van der Waals surface area contributed by atoms with Crippen molar-refractivity contribution in [2.24, 2.45) is 5.73 Å². The van der Waals surface area contributed by atoms with Crippen LogP contribution in [-0.2, 0) is 19.6 Å². The zero-order valence-corrected chi connectivity index (χ0v) is 10.2. The van der Waals surface area contributed by atoms with Crippen molar-refractivity contribution in [1.29, 1.82) is 0 Å². The second kappa shape index (κ2) is 5.09. The van der Waals surface area contributed by atoms with Crippen molar-refractivity contribution in [2.45, 2.75) is 25.7 Å². The molecule has 94 valence electrons. The summed E-state index contributed by atoms with van der Waals surface area (Å²) in [6, 6.07) is 0. The van der Waals surface area contributed by atoms with Gasteiger partial charge in [-0.3, -0.25) is 10.1 Å². The van der Waals surface area contributed by atoms with Gasteiger partial charge in [-0.2, -0.15) is 4.31 Å². The first-order chi connectivity index (χ1) is 7.36. The number of nitrogens with two attached hydrogens (primary N) is 1.